The Morgan fingerprint density at radius 3 is 0.632 bits per heavy atom. The van der Waals surface area contributed by atoms with Gasteiger partial charge in [0.05, 0.1) is 0 Å². The van der Waals surface area contributed by atoms with Gasteiger partial charge in [0, 0.05) is 0 Å². The minimum absolute atomic E-state index is 1.25. The van der Waals surface area contributed by atoms with Crippen LogP contribution in [0.15, 0.2) is 516 Å². The molecule has 600 valence electrons. The maximum atomic E-state index is 2.30. The lowest BCUT2D eigenvalue weighted by molar-refractivity contribution is 1.45. The van der Waals surface area contributed by atoms with Gasteiger partial charge in [0.1, 0.15) is 0 Å². The SMILES string of the molecule is Cc1ccc(-c2ccccc2)c(-c2ccccc2-c2ccccc2)c1.Cc1ccc(-c2ccccc2-c2ccccc2-c2ccccc2)cc1.Cc1cccc(-c2ccccc2)c1-c1ccccc1-c1ccccc1.Cc1cccc(-c2ccccc2-c2ccccc2-c2ccccc2)c1.Cc1ccccc1-c1ccccc1-c1ccccc1-c1ccccc1. The van der Waals surface area contributed by atoms with Crippen molar-refractivity contribution < 1.29 is 0 Å². The molecule has 0 aliphatic heterocycles. The molecule has 0 radical (unpaired) electrons. The van der Waals surface area contributed by atoms with Crippen molar-refractivity contribution in [2.75, 3.05) is 0 Å². The Morgan fingerprint density at radius 2 is 0.296 bits per heavy atom. The smallest absolute Gasteiger partial charge is 0.00699 e. The van der Waals surface area contributed by atoms with E-state index in [0.29, 0.717) is 0 Å². The Bertz CT molecular complexity index is 6870. The zero-order chi connectivity index (χ0) is 85.3. The van der Waals surface area contributed by atoms with E-state index in [9.17, 15) is 0 Å². The average molecular weight is 1600 g/mol. The topological polar surface area (TPSA) is 0 Å². The summed E-state index contributed by atoms with van der Waals surface area (Å²) >= 11 is 0. The molecule has 0 aliphatic carbocycles. The van der Waals surface area contributed by atoms with Crippen LogP contribution in [0.2, 0.25) is 0 Å². The number of hydrogen-bond acceptors (Lipinski definition) is 0. The van der Waals surface area contributed by atoms with Crippen LogP contribution < -0.4 is 0 Å². The fourth-order valence-corrected chi connectivity index (χ4v) is 16.9. The third kappa shape index (κ3) is 20.2. The van der Waals surface area contributed by atoms with Crippen molar-refractivity contribution in [3.8, 4) is 167 Å². The van der Waals surface area contributed by atoms with E-state index in [2.05, 4.69) is 550 Å². The van der Waals surface area contributed by atoms with E-state index in [1.165, 1.54) is 195 Å². The Kier molecular flexibility index (Phi) is 27.3. The molecule has 0 spiro atoms. The maximum absolute atomic E-state index is 2.30. The van der Waals surface area contributed by atoms with Gasteiger partial charge in [0.2, 0.25) is 0 Å². The quantitative estimate of drug-likeness (QED) is 0.0960. The second kappa shape index (κ2) is 41.1. The summed E-state index contributed by atoms with van der Waals surface area (Å²) in [5.41, 5.74) is 44.5. The molecular formula is C125H100. The fraction of sp³-hybridized carbons (Fsp3) is 0.0400. The second-order valence-electron chi connectivity index (χ2n) is 31.5. The Hall–Kier alpha value is -15.6. The van der Waals surface area contributed by atoms with Crippen molar-refractivity contribution in [1.29, 1.82) is 0 Å². The molecule has 0 unspecified atom stereocenters. The summed E-state index contributed by atoms with van der Waals surface area (Å²) in [6, 6.07) is 183. The molecule has 0 N–H and O–H groups in total. The Labute approximate surface area is 739 Å². The van der Waals surface area contributed by atoms with Crippen LogP contribution in [0.25, 0.3) is 167 Å². The summed E-state index contributed by atoms with van der Waals surface area (Å²) in [4.78, 5) is 0. The van der Waals surface area contributed by atoms with Crippen molar-refractivity contribution in [1.82, 2.24) is 0 Å². The molecule has 0 atom stereocenters. The van der Waals surface area contributed by atoms with Gasteiger partial charge >= 0.3 is 0 Å². The molecule has 0 aliphatic rings. The van der Waals surface area contributed by atoms with E-state index >= 15 is 0 Å². The van der Waals surface area contributed by atoms with Crippen LogP contribution in [0.3, 0.4) is 0 Å². The highest BCUT2D eigenvalue weighted by Crippen LogP contribution is 2.45. The highest BCUT2D eigenvalue weighted by Gasteiger charge is 2.20. The van der Waals surface area contributed by atoms with Crippen molar-refractivity contribution >= 4 is 0 Å². The van der Waals surface area contributed by atoms with Crippen molar-refractivity contribution in [2.24, 2.45) is 0 Å². The zero-order valence-corrected chi connectivity index (χ0v) is 71.6. The molecule has 0 heterocycles. The van der Waals surface area contributed by atoms with Gasteiger partial charge < -0.3 is 0 Å². The van der Waals surface area contributed by atoms with Gasteiger partial charge in [0.25, 0.3) is 0 Å². The maximum Gasteiger partial charge on any atom is -0.00699 e. The van der Waals surface area contributed by atoms with Crippen LogP contribution in [0.4, 0.5) is 0 Å². The lowest BCUT2D eigenvalue weighted by atomic mass is 9.87. The highest BCUT2D eigenvalue weighted by atomic mass is 14.2. The summed E-state index contributed by atoms with van der Waals surface area (Å²) in [7, 11) is 0. The monoisotopic (exact) mass is 1600 g/mol. The van der Waals surface area contributed by atoms with Crippen molar-refractivity contribution in [3.05, 3.63) is 543 Å². The Balaban J connectivity index is 0.000000115. The standard InChI is InChI=1S/5C25H20/c1-19-11-10-18-23(21-14-6-3-7-15-21)25(19)24-17-9-8-16-22(24)20-12-4-2-5-13-20;1-19-16-17-23(21-12-6-3-7-13-21)25(18-19)24-15-9-8-14-22(24)20-10-4-2-5-11-20;1-19-10-9-13-21(18-19)23-15-6-8-17-25(23)24-16-7-5-14-22(24)20-11-3-2-4-12-20;1-19-15-17-21(18-16-19)23-12-6-8-14-25(23)24-13-7-5-11-22(24)20-9-3-2-4-10-20;1-19-11-5-6-14-21(19)23-16-9-10-18-25(23)24-17-8-7-15-22(24)20-12-3-2-4-13-20/h5*2-18H,1H3. The Morgan fingerprint density at radius 1 is 0.0960 bits per heavy atom. The largest absolute Gasteiger partial charge is 0.0622 e. The lowest BCUT2D eigenvalue weighted by Gasteiger charge is -2.17. The highest BCUT2D eigenvalue weighted by molar-refractivity contribution is 5.98. The molecule has 0 saturated heterocycles. The molecule has 0 bridgehead atoms. The summed E-state index contributed by atoms with van der Waals surface area (Å²) in [6.45, 7) is 10.8. The molecule has 0 saturated carbocycles. The van der Waals surface area contributed by atoms with Crippen LogP contribution in [-0.4, -0.2) is 0 Å². The van der Waals surface area contributed by atoms with Gasteiger partial charge in [-0.05, 0) is 213 Å². The van der Waals surface area contributed by atoms with Crippen LogP contribution in [0.1, 0.15) is 27.8 Å². The molecule has 125 heavy (non-hydrogen) atoms. The van der Waals surface area contributed by atoms with E-state index in [0.717, 1.165) is 0 Å². The van der Waals surface area contributed by atoms with E-state index in [1.54, 1.807) is 0 Å². The van der Waals surface area contributed by atoms with Crippen LogP contribution >= 0.6 is 0 Å². The van der Waals surface area contributed by atoms with E-state index in [1.807, 2.05) is 0 Å². The predicted octanol–water partition coefficient (Wildman–Crippen LogP) is 35.0. The summed E-state index contributed by atoms with van der Waals surface area (Å²) < 4.78 is 0. The molecule has 0 aromatic heterocycles. The molecule has 0 heteroatoms. The number of hydrogen-bond donors (Lipinski definition) is 0. The van der Waals surface area contributed by atoms with Crippen molar-refractivity contribution in [3.63, 3.8) is 0 Å². The second-order valence-corrected chi connectivity index (χ2v) is 31.5. The minimum Gasteiger partial charge on any atom is -0.0622 e. The molecule has 20 aromatic rings. The van der Waals surface area contributed by atoms with Gasteiger partial charge in [-0.2, -0.15) is 0 Å². The number of benzene rings is 20. The first-order valence-corrected chi connectivity index (χ1v) is 43.2. The molecule has 0 fully saturated rings. The zero-order valence-electron chi connectivity index (χ0n) is 71.6. The average Bonchev–Trinajstić information content (AvgIpc) is 0.777. The third-order valence-corrected chi connectivity index (χ3v) is 23.0. The van der Waals surface area contributed by atoms with E-state index in [4.69, 9.17) is 0 Å². The summed E-state index contributed by atoms with van der Waals surface area (Å²) in [5, 5.41) is 0. The van der Waals surface area contributed by atoms with Gasteiger partial charge in [-0.3, -0.25) is 0 Å². The third-order valence-electron chi connectivity index (χ3n) is 23.0. The van der Waals surface area contributed by atoms with Gasteiger partial charge in [0.15, 0.2) is 0 Å². The van der Waals surface area contributed by atoms with Crippen LogP contribution in [-0.2, 0) is 0 Å². The molecule has 0 amide bonds. The van der Waals surface area contributed by atoms with Gasteiger partial charge in [-0.25, -0.2) is 0 Å². The summed E-state index contributed by atoms with van der Waals surface area (Å²) in [6.07, 6.45) is 0. The van der Waals surface area contributed by atoms with Gasteiger partial charge in [-0.15, -0.1) is 0 Å². The minimum atomic E-state index is 1.25. The molecular weight excluding hydrogens is 1500 g/mol. The van der Waals surface area contributed by atoms with E-state index in [-0.39, 0.29) is 0 Å². The number of rotatable bonds is 15. The molecule has 0 nitrogen and oxygen atoms in total. The molecule has 20 aromatic carbocycles. The number of aryl methyl sites for hydroxylation is 5. The first-order chi connectivity index (χ1) is 61.7. The van der Waals surface area contributed by atoms with Gasteiger partial charge in [-0.1, -0.05) is 532 Å². The van der Waals surface area contributed by atoms with Crippen LogP contribution in [0.5, 0.6) is 0 Å². The normalized spacial score (nSPS) is 10.6. The first kappa shape index (κ1) is 83.1. The lowest BCUT2D eigenvalue weighted by Crippen LogP contribution is -1.92. The van der Waals surface area contributed by atoms with Crippen molar-refractivity contribution in [2.45, 2.75) is 34.6 Å². The summed E-state index contributed by atoms with van der Waals surface area (Å²) in [5.74, 6) is 0. The van der Waals surface area contributed by atoms with E-state index < -0.39 is 0 Å². The predicted molar refractivity (Wildman–Crippen MR) is 537 cm³/mol. The first-order valence-electron chi connectivity index (χ1n) is 43.2. The van der Waals surface area contributed by atoms with Crippen LogP contribution in [0, 0.1) is 34.6 Å². The molecule has 20 rings (SSSR count). The fourth-order valence-electron chi connectivity index (χ4n) is 16.9.